The van der Waals surface area contributed by atoms with E-state index in [0.29, 0.717) is 0 Å². The van der Waals surface area contributed by atoms with Gasteiger partial charge in [-0.3, -0.25) is 9.59 Å². The Morgan fingerprint density at radius 3 is 2.33 bits per heavy atom. The van der Waals surface area contributed by atoms with Crippen molar-refractivity contribution in [1.82, 2.24) is 0 Å². The number of carbonyl (C=O) groups excluding carboxylic acids is 2. The number of hydrogen-bond donors (Lipinski definition) is 3. The Balaban J connectivity index is 1.68. The highest BCUT2D eigenvalue weighted by molar-refractivity contribution is 6.06. The molecule has 3 rings (SSSR count). The molecule has 1 aliphatic heterocycles. The van der Waals surface area contributed by atoms with Crippen LogP contribution < -0.4 is 16.0 Å². The first-order chi connectivity index (χ1) is 11.4. The number of benzene rings is 2. The lowest BCUT2D eigenvalue weighted by atomic mass is 10.0. The van der Waals surface area contributed by atoms with Crippen LogP contribution in [0.25, 0.3) is 0 Å². The number of amides is 2. The summed E-state index contributed by atoms with van der Waals surface area (Å²) >= 11 is 0. The van der Waals surface area contributed by atoms with Crippen molar-refractivity contribution in [2.24, 2.45) is 0 Å². The van der Waals surface area contributed by atoms with Gasteiger partial charge in [-0.1, -0.05) is 17.7 Å². The van der Waals surface area contributed by atoms with Crippen molar-refractivity contribution in [2.45, 2.75) is 33.2 Å². The Labute approximate surface area is 141 Å². The fraction of sp³-hybridized carbons (Fsp3) is 0.263. The lowest BCUT2D eigenvalue weighted by Gasteiger charge is -2.27. The Bertz CT molecular complexity index is 797. The van der Waals surface area contributed by atoms with E-state index >= 15 is 0 Å². The maximum atomic E-state index is 12.2. The van der Waals surface area contributed by atoms with Gasteiger partial charge in [0.1, 0.15) is 6.04 Å². The molecule has 5 nitrogen and oxygen atoms in total. The normalized spacial score (nSPS) is 16.0. The highest BCUT2D eigenvalue weighted by atomic mass is 16.2. The predicted molar refractivity (Wildman–Crippen MR) is 96.4 cm³/mol. The molecule has 24 heavy (non-hydrogen) atoms. The fourth-order valence-electron chi connectivity index (χ4n) is 2.69. The van der Waals surface area contributed by atoms with Crippen LogP contribution in [0.1, 0.15) is 23.1 Å². The van der Waals surface area contributed by atoms with Crippen molar-refractivity contribution in [3.63, 3.8) is 0 Å². The number of hydrogen-bond acceptors (Lipinski definition) is 3. The van der Waals surface area contributed by atoms with Crippen LogP contribution in [-0.4, -0.2) is 17.9 Å². The molecular formula is C19H21N3O2. The number of nitrogens with one attached hydrogen (secondary N) is 3. The van der Waals surface area contributed by atoms with Gasteiger partial charge < -0.3 is 16.0 Å². The van der Waals surface area contributed by atoms with Crippen LogP contribution in [0.4, 0.5) is 17.1 Å². The van der Waals surface area contributed by atoms with Crippen LogP contribution in [0.15, 0.2) is 36.4 Å². The van der Waals surface area contributed by atoms with Crippen molar-refractivity contribution in [2.75, 3.05) is 16.0 Å². The second-order valence-corrected chi connectivity index (χ2v) is 6.29. The number of anilines is 3. The van der Waals surface area contributed by atoms with Crippen molar-refractivity contribution < 1.29 is 9.59 Å². The van der Waals surface area contributed by atoms with Crippen molar-refractivity contribution >= 4 is 28.9 Å². The highest BCUT2D eigenvalue weighted by Crippen LogP contribution is 2.30. The number of carbonyl (C=O) groups is 2. The summed E-state index contributed by atoms with van der Waals surface area (Å²) in [5.41, 5.74) is 5.73. The van der Waals surface area contributed by atoms with Crippen molar-refractivity contribution in [3.05, 3.63) is 53.1 Å². The summed E-state index contributed by atoms with van der Waals surface area (Å²) in [6.45, 7) is 6.01. The Morgan fingerprint density at radius 1 is 1.04 bits per heavy atom. The first kappa shape index (κ1) is 16.1. The molecule has 0 aromatic heterocycles. The van der Waals surface area contributed by atoms with Gasteiger partial charge in [-0.25, -0.2) is 0 Å². The summed E-state index contributed by atoms with van der Waals surface area (Å²) in [4.78, 5) is 24.4. The monoisotopic (exact) mass is 323 g/mol. The van der Waals surface area contributed by atoms with Crippen LogP contribution in [0, 0.1) is 20.8 Å². The van der Waals surface area contributed by atoms with E-state index < -0.39 is 6.04 Å². The molecule has 0 saturated carbocycles. The van der Waals surface area contributed by atoms with E-state index in [1.54, 1.807) is 0 Å². The minimum Gasteiger partial charge on any atom is -0.372 e. The third-order valence-corrected chi connectivity index (χ3v) is 4.26. The molecule has 1 heterocycles. The Kier molecular flexibility index (Phi) is 4.25. The number of aryl methyl sites for hydroxylation is 3. The first-order valence-electron chi connectivity index (χ1n) is 7.97. The second-order valence-electron chi connectivity index (χ2n) is 6.29. The second kappa shape index (κ2) is 6.35. The van der Waals surface area contributed by atoms with Gasteiger partial charge in [-0.15, -0.1) is 0 Å². The molecule has 0 saturated heterocycles. The van der Waals surface area contributed by atoms with E-state index in [0.717, 1.165) is 33.8 Å². The van der Waals surface area contributed by atoms with E-state index in [4.69, 9.17) is 0 Å². The molecule has 0 radical (unpaired) electrons. The molecule has 0 unspecified atom stereocenters. The molecular weight excluding hydrogens is 302 g/mol. The number of rotatable bonds is 3. The van der Waals surface area contributed by atoms with Gasteiger partial charge >= 0.3 is 0 Å². The summed E-state index contributed by atoms with van der Waals surface area (Å²) < 4.78 is 0. The van der Waals surface area contributed by atoms with Gasteiger partial charge in [0.2, 0.25) is 11.8 Å². The van der Waals surface area contributed by atoms with Gasteiger partial charge in [0.15, 0.2) is 0 Å². The molecule has 1 atom stereocenters. The summed E-state index contributed by atoms with van der Waals surface area (Å²) in [5, 5.41) is 8.86. The predicted octanol–water partition coefficient (Wildman–Crippen LogP) is 3.37. The van der Waals surface area contributed by atoms with Gasteiger partial charge in [0.25, 0.3) is 0 Å². The molecule has 3 N–H and O–H groups in total. The van der Waals surface area contributed by atoms with Gasteiger partial charge in [-0.05, 0) is 56.2 Å². The first-order valence-corrected chi connectivity index (χ1v) is 7.97. The molecule has 0 fully saturated rings. The van der Waals surface area contributed by atoms with E-state index in [1.165, 1.54) is 0 Å². The van der Waals surface area contributed by atoms with Crippen LogP contribution >= 0.6 is 0 Å². The average molecular weight is 323 g/mol. The summed E-state index contributed by atoms with van der Waals surface area (Å²) in [6, 6.07) is 10.9. The zero-order chi connectivity index (χ0) is 17.3. The molecule has 0 bridgehead atoms. The summed E-state index contributed by atoms with van der Waals surface area (Å²) in [7, 11) is 0. The quantitative estimate of drug-likeness (QED) is 0.811. The third kappa shape index (κ3) is 3.40. The Hall–Kier alpha value is -2.82. The fourth-order valence-corrected chi connectivity index (χ4v) is 2.69. The van der Waals surface area contributed by atoms with Crippen LogP contribution in [0.5, 0.6) is 0 Å². The maximum Gasteiger partial charge on any atom is 0.247 e. The van der Waals surface area contributed by atoms with E-state index in [1.807, 2.05) is 57.2 Å². The molecule has 2 aromatic rings. The van der Waals surface area contributed by atoms with Gasteiger partial charge in [-0.2, -0.15) is 0 Å². The average Bonchev–Trinajstić information content (AvgIpc) is 2.52. The molecule has 1 aliphatic rings. The van der Waals surface area contributed by atoms with Crippen molar-refractivity contribution in [3.8, 4) is 0 Å². The zero-order valence-electron chi connectivity index (χ0n) is 14.1. The van der Waals surface area contributed by atoms with E-state index in [2.05, 4.69) is 16.0 Å². The van der Waals surface area contributed by atoms with E-state index in [-0.39, 0.29) is 18.2 Å². The largest absolute Gasteiger partial charge is 0.372 e. The van der Waals surface area contributed by atoms with Crippen LogP contribution in [0.2, 0.25) is 0 Å². The topological polar surface area (TPSA) is 70.2 Å². The van der Waals surface area contributed by atoms with Crippen molar-refractivity contribution in [1.29, 1.82) is 0 Å². The summed E-state index contributed by atoms with van der Waals surface area (Å²) in [6.07, 6.45) is 0.0755. The van der Waals surface area contributed by atoms with Crippen LogP contribution in [0.3, 0.4) is 0 Å². The molecule has 124 valence electrons. The lowest BCUT2D eigenvalue weighted by Crippen LogP contribution is -2.41. The summed E-state index contributed by atoms with van der Waals surface area (Å²) in [5.74, 6) is -0.386. The molecule has 5 heteroatoms. The van der Waals surface area contributed by atoms with Crippen LogP contribution in [-0.2, 0) is 9.59 Å². The third-order valence-electron chi connectivity index (χ3n) is 4.26. The minimum absolute atomic E-state index is 0.0755. The molecule has 2 aromatic carbocycles. The van der Waals surface area contributed by atoms with Gasteiger partial charge in [0, 0.05) is 5.69 Å². The standard InChI is InChI=1S/C19H21N3O2/c1-11-4-6-14(7-5-11)20-18(23)10-17-19(24)22-16-9-13(3)12(2)8-15(16)21-17/h4-9,17,21H,10H2,1-3H3,(H,20,23)(H,22,24)/t17-/m1/s1. The smallest absolute Gasteiger partial charge is 0.247 e. The molecule has 0 aliphatic carbocycles. The lowest BCUT2D eigenvalue weighted by molar-refractivity contribution is -0.122. The van der Waals surface area contributed by atoms with Gasteiger partial charge in [0.05, 0.1) is 17.8 Å². The van der Waals surface area contributed by atoms with E-state index in [9.17, 15) is 9.59 Å². The molecule has 2 amide bonds. The molecule has 0 spiro atoms. The number of fused-ring (bicyclic) bond motifs is 1. The Morgan fingerprint density at radius 2 is 1.67 bits per heavy atom. The maximum absolute atomic E-state index is 12.2. The highest BCUT2D eigenvalue weighted by Gasteiger charge is 2.27. The zero-order valence-corrected chi connectivity index (χ0v) is 14.1. The minimum atomic E-state index is -0.579. The SMILES string of the molecule is Cc1ccc(NC(=O)C[C@H]2Nc3cc(C)c(C)cc3NC2=O)cc1.